The minimum absolute atomic E-state index is 0.0455. The van der Waals surface area contributed by atoms with Crippen molar-refractivity contribution in [2.45, 2.75) is 37.6 Å². The fourth-order valence-electron chi connectivity index (χ4n) is 4.77. The summed E-state index contributed by atoms with van der Waals surface area (Å²) in [5.41, 5.74) is 4.21. The lowest BCUT2D eigenvalue weighted by atomic mass is 9.98. The molecular formula is C29H27ClN6O9. The van der Waals surface area contributed by atoms with Gasteiger partial charge in [-0.25, -0.2) is 14.6 Å². The van der Waals surface area contributed by atoms with E-state index >= 15 is 0 Å². The van der Waals surface area contributed by atoms with E-state index in [1.54, 1.807) is 55.5 Å². The van der Waals surface area contributed by atoms with Gasteiger partial charge in [-0.2, -0.15) is 4.98 Å². The molecule has 0 radical (unpaired) electrons. The van der Waals surface area contributed by atoms with Crippen LogP contribution in [0, 0.1) is 12.3 Å². The zero-order valence-electron chi connectivity index (χ0n) is 24.0. The second-order valence-corrected chi connectivity index (χ2v) is 10.4. The molecule has 2 N–H and O–H groups in total. The molecule has 4 aromatic heterocycles. The van der Waals surface area contributed by atoms with Gasteiger partial charge in [-0.05, 0) is 41.9 Å². The Labute approximate surface area is 260 Å². The number of aromatic nitrogens is 5. The van der Waals surface area contributed by atoms with Crippen LogP contribution in [0.4, 0.5) is 15.4 Å². The predicted molar refractivity (Wildman–Crippen MR) is 158 cm³/mol. The molecule has 0 aliphatic carbocycles. The van der Waals surface area contributed by atoms with Gasteiger partial charge in [0.25, 0.3) is 11.1 Å². The van der Waals surface area contributed by atoms with E-state index in [2.05, 4.69) is 15.9 Å². The zero-order valence-corrected chi connectivity index (χ0v) is 24.8. The maximum Gasteiger partial charge on any atom is 0.509 e. The molecule has 45 heavy (non-hydrogen) atoms. The molecule has 1 fully saturated rings. The average Bonchev–Trinajstić information content (AvgIpc) is 3.59. The van der Waals surface area contributed by atoms with E-state index in [1.807, 2.05) is 0 Å². The Morgan fingerprint density at radius 2 is 1.64 bits per heavy atom. The highest BCUT2D eigenvalue weighted by molar-refractivity contribution is 6.28. The highest BCUT2D eigenvalue weighted by Gasteiger charge is 2.53. The van der Waals surface area contributed by atoms with Gasteiger partial charge in [-0.15, -0.1) is 6.42 Å². The van der Waals surface area contributed by atoms with Crippen LogP contribution in [0.25, 0.3) is 11.0 Å². The highest BCUT2D eigenvalue weighted by atomic mass is 35.5. The number of nitrogen functional groups attached to an aromatic ring is 1. The molecule has 0 bridgehead atoms. The highest BCUT2D eigenvalue weighted by Crippen LogP contribution is 2.41. The lowest BCUT2D eigenvalue weighted by Gasteiger charge is -2.28. The molecule has 0 amide bonds. The van der Waals surface area contributed by atoms with E-state index in [0.29, 0.717) is 11.0 Å². The monoisotopic (exact) mass is 638 g/mol. The third kappa shape index (κ3) is 6.47. The van der Waals surface area contributed by atoms with E-state index in [0.717, 1.165) is 0 Å². The predicted octanol–water partition coefficient (Wildman–Crippen LogP) is 2.43. The standard InChI is InChI=1S/C29H27ClN6O9/c1-4-29(16-43-27(39)41-14-17-7-5-10-34(2)24(17)37)20(44-28(40)42-15-18-8-6-11-35(3)25(18)38)13-21(45-29)36-12-9-19-22(31)32-26(30)33-23(19)36/h1,5-12,20-21H,13-16H2,2-3H3,(H2,31,32,33)/t20-,21+,29+/m0/s1. The Kier molecular flexibility index (Phi) is 8.80. The van der Waals surface area contributed by atoms with Crippen molar-refractivity contribution in [1.82, 2.24) is 23.7 Å². The average molecular weight is 639 g/mol. The summed E-state index contributed by atoms with van der Waals surface area (Å²) < 4.78 is 31.6. The van der Waals surface area contributed by atoms with Gasteiger partial charge in [0.05, 0.1) is 16.5 Å². The molecule has 0 saturated carbocycles. The fraction of sp³-hybridized carbons (Fsp3) is 0.310. The van der Waals surface area contributed by atoms with Crippen molar-refractivity contribution in [2.75, 3.05) is 12.3 Å². The summed E-state index contributed by atoms with van der Waals surface area (Å²) in [5.74, 6) is 2.57. The summed E-state index contributed by atoms with van der Waals surface area (Å²) in [4.78, 5) is 58.1. The van der Waals surface area contributed by atoms with Gasteiger partial charge < -0.3 is 43.1 Å². The van der Waals surface area contributed by atoms with Crippen LogP contribution in [0.3, 0.4) is 0 Å². The molecule has 3 atom stereocenters. The van der Waals surface area contributed by atoms with Gasteiger partial charge in [-0.1, -0.05) is 5.92 Å². The second-order valence-electron chi connectivity index (χ2n) is 10.1. The summed E-state index contributed by atoms with van der Waals surface area (Å²) >= 11 is 6.03. The van der Waals surface area contributed by atoms with E-state index in [1.165, 1.54) is 21.3 Å². The third-order valence-corrected chi connectivity index (χ3v) is 7.32. The lowest BCUT2D eigenvalue weighted by molar-refractivity contribution is -0.106. The molecule has 5 rings (SSSR count). The summed E-state index contributed by atoms with van der Waals surface area (Å²) in [6, 6.07) is 7.91. The number of fused-ring (bicyclic) bond motifs is 1. The van der Waals surface area contributed by atoms with Crippen molar-refractivity contribution in [3.8, 4) is 12.3 Å². The molecule has 0 spiro atoms. The van der Waals surface area contributed by atoms with E-state index in [-0.39, 0.29) is 53.0 Å². The number of ether oxygens (including phenoxy) is 5. The Morgan fingerprint density at radius 1 is 1.02 bits per heavy atom. The number of hydrogen-bond donors (Lipinski definition) is 1. The molecule has 5 heterocycles. The van der Waals surface area contributed by atoms with Crippen molar-refractivity contribution in [3.05, 3.63) is 86.0 Å². The van der Waals surface area contributed by atoms with Gasteiger partial charge in [-0.3, -0.25) is 9.59 Å². The summed E-state index contributed by atoms with van der Waals surface area (Å²) in [5, 5.41) is 0.373. The van der Waals surface area contributed by atoms with Crippen LogP contribution >= 0.6 is 11.6 Å². The molecule has 0 unspecified atom stereocenters. The molecule has 4 aromatic rings. The first-order chi connectivity index (χ1) is 21.5. The van der Waals surface area contributed by atoms with Gasteiger partial charge in [0.15, 0.2) is 6.10 Å². The molecule has 1 aliphatic rings. The summed E-state index contributed by atoms with van der Waals surface area (Å²) in [7, 11) is 3.12. The Bertz CT molecular complexity index is 1930. The number of anilines is 1. The number of carbonyl (C=O) groups excluding carboxylic acids is 2. The first kappa shape index (κ1) is 31.1. The number of aryl methyl sites for hydroxylation is 2. The van der Waals surface area contributed by atoms with Crippen LogP contribution in [0.2, 0.25) is 5.28 Å². The van der Waals surface area contributed by atoms with Crippen LogP contribution in [-0.4, -0.2) is 54.3 Å². The van der Waals surface area contributed by atoms with E-state index in [4.69, 9.17) is 47.4 Å². The normalized spacial score (nSPS) is 19.2. The fourth-order valence-corrected chi connectivity index (χ4v) is 4.94. The molecule has 15 nitrogen and oxygen atoms in total. The SMILES string of the molecule is C#C[C@]1(COC(=O)OCc2cccn(C)c2=O)O[C@@H](n2ccc3c(N)nc(Cl)nc32)C[C@@H]1OC(=O)OCc1cccn(C)c1=O. The number of hydrogen-bond acceptors (Lipinski definition) is 12. The van der Waals surface area contributed by atoms with E-state index in [9.17, 15) is 19.2 Å². The Hall–Kier alpha value is -5.33. The first-order valence-electron chi connectivity index (χ1n) is 13.4. The molecule has 1 aliphatic heterocycles. The van der Waals surface area contributed by atoms with Crippen LogP contribution in [0.1, 0.15) is 23.8 Å². The minimum atomic E-state index is -1.83. The molecule has 0 aromatic carbocycles. The molecule has 16 heteroatoms. The Balaban J connectivity index is 1.35. The topological polar surface area (TPSA) is 181 Å². The smallest absolute Gasteiger partial charge is 0.430 e. The molecule has 234 valence electrons. The number of carbonyl (C=O) groups is 2. The lowest BCUT2D eigenvalue weighted by Crippen LogP contribution is -2.45. The first-order valence-corrected chi connectivity index (χ1v) is 13.8. The molecule has 1 saturated heterocycles. The number of nitrogens with zero attached hydrogens (tertiary/aromatic N) is 5. The van der Waals surface area contributed by atoms with Crippen molar-refractivity contribution >= 4 is 40.8 Å². The van der Waals surface area contributed by atoms with Crippen LogP contribution in [0.5, 0.6) is 0 Å². The number of pyridine rings is 2. The maximum atomic E-state index is 12.8. The Morgan fingerprint density at radius 3 is 2.27 bits per heavy atom. The summed E-state index contributed by atoms with van der Waals surface area (Å²) in [6.45, 7) is -1.34. The number of halogens is 1. The summed E-state index contributed by atoms with van der Waals surface area (Å²) in [6.07, 6.45) is 6.15. The van der Waals surface area contributed by atoms with Crippen molar-refractivity contribution in [3.63, 3.8) is 0 Å². The van der Waals surface area contributed by atoms with Crippen molar-refractivity contribution in [2.24, 2.45) is 14.1 Å². The van der Waals surface area contributed by atoms with Crippen LogP contribution in [0.15, 0.2) is 58.5 Å². The van der Waals surface area contributed by atoms with Crippen LogP contribution < -0.4 is 16.9 Å². The van der Waals surface area contributed by atoms with Crippen LogP contribution in [-0.2, 0) is 51.0 Å². The van der Waals surface area contributed by atoms with Gasteiger partial charge >= 0.3 is 12.3 Å². The third-order valence-electron chi connectivity index (χ3n) is 7.15. The van der Waals surface area contributed by atoms with Gasteiger partial charge in [0.2, 0.25) is 10.9 Å². The number of rotatable bonds is 8. The second kappa shape index (κ2) is 12.7. The minimum Gasteiger partial charge on any atom is -0.430 e. The largest absolute Gasteiger partial charge is 0.509 e. The van der Waals surface area contributed by atoms with E-state index < -0.39 is 36.9 Å². The van der Waals surface area contributed by atoms with Crippen molar-refractivity contribution < 1.29 is 33.3 Å². The maximum absolute atomic E-state index is 12.8. The number of terminal acetylenes is 1. The quantitative estimate of drug-likeness (QED) is 0.169. The zero-order chi connectivity index (χ0) is 32.3. The number of nitrogens with two attached hydrogens (primary N) is 1. The van der Waals surface area contributed by atoms with Gasteiger partial charge in [0, 0.05) is 39.1 Å². The van der Waals surface area contributed by atoms with Gasteiger partial charge in [0.1, 0.15) is 37.5 Å². The molecular weight excluding hydrogens is 612 g/mol. The van der Waals surface area contributed by atoms with Crippen molar-refractivity contribution in [1.29, 1.82) is 0 Å².